The van der Waals surface area contributed by atoms with Crippen molar-refractivity contribution in [1.82, 2.24) is 0 Å². The van der Waals surface area contributed by atoms with Crippen LogP contribution in [0.3, 0.4) is 0 Å². The van der Waals surface area contributed by atoms with Gasteiger partial charge in [-0.25, -0.2) is 0 Å². The van der Waals surface area contributed by atoms with Crippen LogP contribution in [0, 0.1) is 17.0 Å². The predicted octanol–water partition coefficient (Wildman–Crippen LogP) is 3.13. The van der Waals surface area contributed by atoms with Crippen LogP contribution < -0.4 is 19.0 Å². The number of hydrogen-bond donors (Lipinski definition) is 0. The standard InChI is InChI=1S/C24H25N3O5Se/c1-14(2)23(28)31-13-17-11-18(27(29)30)10-16-7-8-24(32-22(16)17)26(6)20-9-15(3)19(25(4)5)12-21(20)33-24/h7-12H,1,13H2,2-6H3. The summed E-state index contributed by atoms with van der Waals surface area (Å²) < 4.78 is 12.4. The van der Waals surface area contributed by atoms with E-state index in [0.29, 0.717) is 16.9 Å². The van der Waals surface area contributed by atoms with Crippen molar-refractivity contribution in [3.63, 3.8) is 0 Å². The number of esters is 1. The van der Waals surface area contributed by atoms with Gasteiger partial charge >= 0.3 is 199 Å². The normalized spacial score (nSPS) is 17.9. The van der Waals surface area contributed by atoms with E-state index in [0.717, 1.165) is 11.4 Å². The van der Waals surface area contributed by atoms with E-state index in [1.807, 2.05) is 33.3 Å². The van der Waals surface area contributed by atoms with Crippen LogP contribution in [0.15, 0.2) is 42.5 Å². The molecule has 1 spiro atoms. The molecule has 0 aromatic heterocycles. The molecule has 8 nitrogen and oxygen atoms in total. The molecular weight excluding hydrogens is 489 g/mol. The molecule has 0 bridgehead atoms. The first kappa shape index (κ1) is 22.9. The fraction of sp³-hybridized carbons (Fsp3) is 0.292. The van der Waals surface area contributed by atoms with Crippen molar-refractivity contribution in [3.05, 3.63) is 69.3 Å². The van der Waals surface area contributed by atoms with E-state index in [4.69, 9.17) is 9.47 Å². The van der Waals surface area contributed by atoms with Crippen LogP contribution in [-0.4, -0.2) is 51.6 Å². The number of carbonyl (C=O) groups is 1. The van der Waals surface area contributed by atoms with E-state index < -0.39 is 15.5 Å². The van der Waals surface area contributed by atoms with E-state index in [-0.39, 0.29) is 32.8 Å². The summed E-state index contributed by atoms with van der Waals surface area (Å²) in [5, 5.41) is 11.5. The maximum atomic E-state index is 12.0. The molecule has 9 heteroatoms. The number of benzene rings is 2. The van der Waals surface area contributed by atoms with Gasteiger partial charge in [0.05, 0.1) is 0 Å². The molecule has 1 atom stereocenters. The van der Waals surface area contributed by atoms with Crippen LogP contribution in [0.4, 0.5) is 17.1 Å². The molecule has 4 rings (SSSR count). The van der Waals surface area contributed by atoms with Gasteiger partial charge in [-0.05, 0) is 0 Å². The molecule has 2 heterocycles. The van der Waals surface area contributed by atoms with Gasteiger partial charge in [-0.1, -0.05) is 0 Å². The average molecular weight is 514 g/mol. The zero-order valence-corrected chi connectivity index (χ0v) is 20.9. The summed E-state index contributed by atoms with van der Waals surface area (Å²) in [7, 11) is 6.04. The summed E-state index contributed by atoms with van der Waals surface area (Å²) in [6.07, 6.45) is 3.83. The predicted molar refractivity (Wildman–Crippen MR) is 129 cm³/mol. The summed E-state index contributed by atoms with van der Waals surface area (Å²) in [5.74, 6) is -0.0682. The van der Waals surface area contributed by atoms with Gasteiger partial charge in [0.2, 0.25) is 0 Å². The molecule has 2 aromatic rings. The molecule has 2 aliphatic heterocycles. The van der Waals surface area contributed by atoms with Gasteiger partial charge in [-0.2, -0.15) is 0 Å². The molecule has 0 amide bonds. The van der Waals surface area contributed by atoms with Gasteiger partial charge in [0.25, 0.3) is 0 Å². The van der Waals surface area contributed by atoms with Crippen molar-refractivity contribution in [2.45, 2.75) is 25.1 Å². The average Bonchev–Trinajstić information content (AvgIpc) is 3.01. The molecule has 1 unspecified atom stereocenters. The molecule has 0 fully saturated rings. The molecule has 0 saturated carbocycles. The van der Waals surface area contributed by atoms with Gasteiger partial charge in [0.1, 0.15) is 0 Å². The van der Waals surface area contributed by atoms with Gasteiger partial charge < -0.3 is 0 Å². The molecule has 0 radical (unpaired) electrons. The van der Waals surface area contributed by atoms with Crippen molar-refractivity contribution in [2.75, 3.05) is 30.9 Å². The van der Waals surface area contributed by atoms with E-state index in [9.17, 15) is 14.9 Å². The van der Waals surface area contributed by atoms with Crippen LogP contribution in [0.1, 0.15) is 23.6 Å². The van der Waals surface area contributed by atoms with Gasteiger partial charge in [-0.3, -0.25) is 0 Å². The van der Waals surface area contributed by atoms with E-state index in [1.165, 1.54) is 22.2 Å². The van der Waals surface area contributed by atoms with Crippen molar-refractivity contribution < 1.29 is 19.2 Å². The van der Waals surface area contributed by atoms with Crippen molar-refractivity contribution in [1.29, 1.82) is 0 Å². The topological polar surface area (TPSA) is 85.1 Å². The third-order valence-corrected chi connectivity index (χ3v) is 8.46. The van der Waals surface area contributed by atoms with Crippen LogP contribution in [0.2, 0.25) is 0 Å². The molecule has 0 saturated heterocycles. The van der Waals surface area contributed by atoms with Gasteiger partial charge in [0, 0.05) is 0 Å². The Hall–Kier alpha value is -3.29. The number of nitro groups is 1. The third kappa shape index (κ3) is 3.98. The van der Waals surface area contributed by atoms with Crippen molar-refractivity contribution >= 4 is 48.5 Å². The number of fused-ring (bicyclic) bond motifs is 2. The number of nitro benzene ring substituents is 1. The first-order valence-corrected chi connectivity index (χ1v) is 12.0. The summed E-state index contributed by atoms with van der Waals surface area (Å²) in [6, 6.07) is 7.25. The van der Waals surface area contributed by atoms with Crippen LogP contribution in [-0.2, 0) is 16.1 Å². The number of rotatable bonds is 5. The minimum absolute atomic E-state index is 0.0841. The second-order valence-corrected chi connectivity index (χ2v) is 10.9. The molecule has 33 heavy (non-hydrogen) atoms. The molecule has 2 aromatic carbocycles. The summed E-state index contributed by atoms with van der Waals surface area (Å²) in [4.78, 5) is 27.2. The molecule has 172 valence electrons. The second kappa shape index (κ2) is 8.24. The fourth-order valence-corrected chi connectivity index (χ4v) is 6.61. The summed E-state index contributed by atoms with van der Waals surface area (Å²) in [5.41, 5.74) is 4.63. The zero-order valence-electron chi connectivity index (χ0n) is 19.2. The SMILES string of the molecule is C=C(C)C(=O)OCc1cc([N+](=O)[O-])cc2c1OC1(C=C2)[Se]c2cc(N(C)C)c(C)cc2N1C. The Kier molecular flexibility index (Phi) is 5.72. The number of ether oxygens (including phenoxy) is 2. The maximum absolute atomic E-state index is 12.0. The molecule has 2 aliphatic rings. The van der Waals surface area contributed by atoms with Crippen molar-refractivity contribution in [2.24, 2.45) is 0 Å². The first-order valence-electron chi connectivity index (χ1n) is 10.3. The fourth-order valence-electron chi connectivity index (χ4n) is 3.92. The van der Waals surface area contributed by atoms with Crippen LogP contribution in [0.5, 0.6) is 5.75 Å². The Balaban J connectivity index is 1.74. The molecule has 0 N–H and O–H groups in total. The van der Waals surface area contributed by atoms with E-state index in [1.54, 1.807) is 6.92 Å². The number of carbonyl (C=O) groups excluding carboxylic acids is 1. The first-order chi connectivity index (χ1) is 15.5. The van der Waals surface area contributed by atoms with E-state index in [2.05, 4.69) is 35.4 Å². The minimum atomic E-state index is -0.719. The summed E-state index contributed by atoms with van der Waals surface area (Å²) >= 11 is -0.100. The Labute approximate surface area is 198 Å². The van der Waals surface area contributed by atoms with Gasteiger partial charge in [-0.15, -0.1) is 0 Å². The monoisotopic (exact) mass is 515 g/mol. The number of hydrogen-bond acceptors (Lipinski definition) is 7. The second-order valence-electron chi connectivity index (χ2n) is 8.36. The quantitative estimate of drug-likeness (QED) is 0.199. The Morgan fingerprint density at radius 3 is 2.70 bits per heavy atom. The number of nitrogens with zero attached hydrogens (tertiary/aromatic N) is 3. The Morgan fingerprint density at radius 2 is 2.06 bits per heavy atom. The zero-order chi connectivity index (χ0) is 24.1. The molecule has 0 aliphatic carbocycles. The van der Waals surface area contributed by atoms with E-state index >= 15 is 0 Å². The number of non-ortho nitro benzene ring substituents is 1. The van der Waals surface area contributed by atoms with Gasteiger partial charge in [0.15, 0.2) is 0 Å². The third-order valence-electron chi connectivity index (χ3n) is 5.66. The summed E-state index contributed by atoms with van der Waals surface area (Å²) in [6.45, 7) is 7.08. The Bertz CT molecular complexity index is 1220. The van der Waals surface area contributed by atoms with Crippen LogP contribution >= 0.6 is 0 Å². The number of aryl methyl sites for hydroxylation is 1. The number of anilines is 2. The molecular formula is C24H25N3O5Se. The van der Waals surface area contributed by atoms with Crippen molar-refractivity contribution in [3.8, 4) is 5.75 Å². The van der Waals surface area contributed by atoms with Crippen LogP contribution in [0.25, 0.3) is 6.08 Å². The Morgan fingerprint density at radius 1 is 1.33 bits per heavy atom. The number of likely N-dealkylation sites (N-methyl/N-ethyl adjacent to an activating group) is 1.